The van der Waals surface area contributed by atoms with E-state index in [4.69, 9.17) is 5.11 Å². The van der Waals surface area contributed by atoms with Gasteiger partial charge in [-0.3, -0.25) is 0 Å². The van der Waals surface area contributed by atoms with Crippen molar-refractivity contribution in [2.24, 2.45) is 0 Å². The van der Waals surface area contributed by atoms with Crippen LogP contribution in [0.25, 0.3) is 0 Å². The molecule has 14 heteroatoms. The largest absolute Gasteiger partial charge is 0.448 e. The zero-order valence-corrected chi connectivity index (χ0v) is 12.3. The van der Waals surface area contributed by atoms with Gasteiger partial charge in [-0.25, -0.2) is 9.59 Å². The summed E-state index contributed by atoms with van der Waals surface area (Å²) in [6.45, 7) is 2.22. The minimum atomic E-state index is -7.22. The second kappa shape index (κ2) is 7.19. The van der Waals surface area contributed by atoms with Gasteiger partial charge in [0.2, 0.25) is 0 Å². The second-order valence-corrected chi connectivity index (χ2v) is 4.42. The Hall–Kier alpha value is -2.22. The van der Waals surface area contributed by atoms with Gasteiger partial charge in [0.05, 0.1) is 0 Å². The molecule has 0 bridgehead atoms. The number of aliphatic hydroxyl groups is 2. The molecule has 0 rings (SSSR count). The Morgan fingerprint density at radius 2 is 1.15 bits per heavy atom. The summed E-state index contributed by atoms with van der Waals surface area (Å²) in [5.74, 6) is -37.0. The summed E-state index contributed by atoms with van der Waals surface area (Å²) in [5.41, 5.74) is 0. The highest BCUT2D eigenvalue weighted by molar-refractivity contribution is 5.83. The zero-order chi connectivity index (χ0) is 21.2. The maximum atomic E-state index is 13.9. The number of hydrogen-bond acceptors (Lipinski definition) is 6. The number of carbonyl (C=O) groups is 2. The minimum absolute atomic E-state index is 0.0403. The molecular formula is C12H10F8O6. The maximum absolute atomic E-state index is 13.9. The van der Waals surface area contributed by atoms with Gasteiger partial charge < -0.3 is 19.7 Å². The van der Waals surface area contributed by atoms with Crippen LogP contribution in [0, 0.1) is 0 Å². The summed E-state index contributed by atoms with van der Waals surface area (Å²) in [6.07, 6.45) is -0.0805. The molecule has 0 aliphatic heterocycles. The summed E-state index contributed by atoms with van der Waals surface area (Å²) in [6, 6.07) is 0. The van der Waals surface area contributed by atoms with Gasteiger partial charge in [-0.05, 0) is 0 Å². The molecule has 0 atom stereocenters. The van der Waals surface area contributed by atoms with Crippen molar-refractivity contribution in [3.63, 3.8) is 0 Å². The lowest BCUT2D eigenvalue weighted by Gasteiger charge is -2.40. The van der Waals surface area contributed by atoms with Gasteiger partial charge in [0.25, 0.3) is 0 Å². The predicted octanol–water partition coefficient (Wildman–Crippen LogP) is 1.62. The molecule has 0 amide bonds. The Kier molecular flexibility index (Phi) is 6.57. The van der Waals surface area contributed by atoms with Crippen molar-refractivity contribution in [1.29, 1.82) is 0 Å². The molecule has 0 aromatic heterocycles. The molecule has 0 aromatic rings. The van der Waals surface area contributed by atoms with Gasteiger partial charge in [0, 0.05) is 12.2 Å². The number of alkyl halides is 8. The second-order valence-electron chi connectivity index (χ2n) is 4.42. The van der Waals surface area contributed by atoms with Crippen LogP contribution in [0.2, 0.25) is 0 Å². The van der Waals surface area contributed by atoms with Crippen molar-refractivity contribution in [3.05, 3.63) is 25.3 Å². The highest BCUT2D eigenvalue weighted by Gasteiger charge is 2.87. The third kappa shape index (κ3) is 3.65. The SMILES string of the molecule is C=CC(=O)OC(O)(OC(=O)C=C)C(F)(F)C(F)(F)C(F)(F)C(F)(F)CO. The van der Waals surface area contributed by atoms with Gasteiger partial charge in [0.1, 0.15) is 6.61 Å². The lowest BCUT2D eigenvalue weighted by molar-refractivity contribution is -0.473. The molecule has 0 spiro atoms. The average molecular weight is 402 g/mol. The van der Waals surface area contributed by atoms with Crippen molar-refractivity contribution in [1.82, 2.24) is 0 Å². The van der Waals surface area contributed by atoms with Gasteiger partial charge >= 0.3 is 41.6 Å². The van der Waals surface area contributed by atoms with E-state index in [1.165, 1.54) is 0 Å². The van der Waals surface area contributed by atoms with Crippen molar-refractivity contribution < 1.29 is 64.4 Å². The number of esters is 2. The molecule has 0 aliphatic carbocycles. The molecule has 0 fully saturated rings. The topological polar surface area (TPSA) is 93.1 Å². The van der Waals surface area contributed by atoms with Gasteiger partial charge in [-0.1, -0.05) is 13.2 Å². The fourth-order valence-corrected chi connectivity index (χ4v) is 1.23. The third-order valence-corrected chi connectivity index (χ3v) is 2.65. The first kappa shape index (κ1) is 23.8. The summed E-state index contributed by atoms with van der Waals surface area (Å²) in [5, 5.41) is 17.4. The first-order valence-corrected chi connectivity index (χ1v) is 6.02. The van der Waals surface area contributed by atoms with Crippen molar-refractivity contribution in [2.75, 3.05) is 6.61 Å². The van der Waals surface area contributed by atoms with Gasteiger partial charge in [-0.2, -0.15) is 35.1 Å². The standard InChI is InChI=1S/C12H10F8O6/c1-3-6(22)25-12(24,26-7(23)4-2)11(19,20)10(17,18)9(15,16)8(13,14)5-21/h3-4,21,24H,1-2,5H2. The predicted molar refractivity (Wildman–Crippen MR) is 64.4 cm³/mol. The number of rotatable bonds is 9. The Balaban J connectivity index is 6.44. The number of hydrogen-bond donors (Lipinski definition) is 2. The quantitative estimate of drug-likeness (QED) is 0.264. The first-order valence-electron chi connectivity index (χ1n) is 6.02. The van der Waals surface area contributed by atoms with E-state index in [-0.39, 0.29) is 12.2 Å². The van der Waals surface area contributed by atoms with E-state index in [2.05, 4.69) is 22.6 Å². The Morgan fingerprint density at radius 3 is 1.42 bits per heavy atom. The smallest absolute Gasteiger partial charge is 0.390 e. The third-order valence-electron chi connectivity index (χ3n) is 2.65. The van der Waals surface area contributed by atoms with Crippen molar-refractivity contribution in [3.8, 4) is 0 Å². The van der Waals surface area contributed by atoms with Crippen molar-refractivity contribution in [2.45, 2.75) is 29.7 Å². The number of aliphatic hydroxyl groups excluding tert-OH is 1. The first-order chi connectivity index (χ1) is 11.5. The van der Waals surface area contributed by atoms with Crippen LogP contribution < -0.4 is 0 Å². The van der Waals surface area contributed by atoms with Crippen LogP contribution in [0.15, 0.2) is 25.3 Å². The lowest BCUT2D eigenvalue weighted by atomic mass is 9.97. The van der Waals surface area contributed by atoms with E-state index in [1.54, 1.807) is 0 Å². The molecule has 150 valence electrons. The molecule has 0 heterocycles. The van der Waals surface area contributed by atoms with Crippen LogP contribution in [0.5, 0.6) is 0 Å². The van der Waals surface area contributed by atoms with Crippen molar-refractivity contribution >= 4 is 11.9 Å². The van der Waals surface area contributed by atoms with E-state index >= 15 is 0 Å². The molecular weight excluding hydrogens is 392 g/mol. The van der Waals surface area contributed by atoms with Crippen LogP contribution in [-0.2, 0) is 19.1 Å². The molecule has 6 nitrogen and oxygen atoms in total. The van der Waals surface area contributed by atoms with E-state index in [1.807, 2.05) is 0 Å². The minimum Gasteiger partial charge on any atom is -0.390 e. The van der Waals surface area contributed by atoms with Crippen LogP contribution >= 0.6 is 0 Å². The number of ether oxygens (including phenoxy) is 2. The van der Waals surface area contributed by atoms with Gasteiger partial charge in [0.15, 0.2) is 0 Å². The van der Waals surface area contributed by atoms with E-state index in [0.29, 0.717) is 0 Å². The van der Waals surface area contributed by atoms with Gasteiger partial charge in [-0.15, -0.1) is 0 Å². The number of carbonyl (C=O) groups excluding carboxylic acids is 2. The highest BCUT2D eigenvalue weighted by Crippen LogP contribution is 2.56. The summed E-state index contributed by atoms with van der Waals surface area (Å²) >= 11 is 0. The molecule has 0 unspecified atom stereocenters. The van der Waals surface area contributed by atoms with E-state index in [0.717, 1.165) is 0 Å². The normalized spacial score (nSPS) is 13.8. The summed E-state index contributed by atoms with van der Waals surface area (Å²) in [7, 11) is 0. The zero-order valence-electron chi connectivity index (χ0n) is 12.3. The summed E-state index contributed by atoms with van der Waals surface area (Å²) < 4.78 is 114. The van der Waals surface area contributed by atoms with Crippen LogP contribution in [0.1, 0.15) is 0 Å². The monoisotopic (exact) mass is 402 g/mol. The molecule has 26 heavy (non-hydrogen) atoms. The lowest BCUT2D eigenvalue weighted by Crippen LogP contribution is -2.71. The number of halogens is 8. The van der Waals surface area contributed by atoms with Crippen LogP contribution in [-0.4, -0.2) is 58.4 Å². The van der Waals surface area contributed by atoms with E-state index < -0.39 is 48.2 Å². The van der Waals surface area contributed by atoms with Crippen LogP contribution in [0.4, 0.5) is 35.1 Å². The van der Waals surface area contributed by atoms with Crippen LogP contribution in [0.3, 0.4) is 0 Å². The molecule has 2 N–H and O–H groups in total. The highest BCUT2D eigenvalue weighted by atomic mass is 19.4. The Bertz CT molecular complexity index is 566. The molecule has 0 aromatic carbocycles. The summed E-state index contributed by atoms with van der Waals surface area (Å²) in [4.78, 5) is 21.8. The molecule has 0 saturated heterocycles. The molecule has 0 aliphatic rings. The fraction of sp³-hybridized carbons (Fsp3) is 0.500. The molecule has 0 saturated carbocycles. The maximum Gasteiger partial charge on any atom is 0.448 e. The molecule has 0 radical (unpaired) electrons. The fourth-order valence-electron chi connectivity index (χ4n) is 1.23. The van der Waals surface area contributed by atoms with E-state index in [9.17, 15) is 49.8 Å². The Morgan fingerprint density at radius 1 is 0.808 bits per heavy atom. The Labute approximate surface area is 139 Å². The average Bonchev–Trinajstić information content (AvgIpc) is 2.53.